The predicted molar refractivity (Wildman–Crippen MR) is 71.9 cm³/mol. The van der Waals surface area contributed by atoms with Gasteiger partial charge in [-0.2, -0.15) is 0 Å². The molecule has 0 fully saturated rings. The first-order chi connectivity index (χ1) is 8.11. The molecule has 1 aromatic heterocycles. The van der Waals surface area contributed by atoms with Gasteiger partial charge in [-0.1, -0.05) is 26.0 Å². The van der Waals surface area contributed by atoms with E-state index in [9.17, 15) is 0 Å². The van der Waals surface area contributed by atoms with Crippen LogP contribution in [0.2, 0.25) is 0 Å². The van der Waals surface area contributed by atoms with Crippen LogP contribution in [-0.2, 0) is 0 Å². The van der Waals surface area contributed by atoms with Gasteiger partial charge < -0.3 is 5.32 Å². The van der Waals surface area contributed by atoms with Crippen LogP contribution in [0.1, 0.15) is 31.0 Å². The van der Waals surface area contributed by atoms with Gasteiger partial charge in [0.05, 0.1) is 5.69 Å². The van der Waals surface area contributed by atoms with Crippen molar-refractivity contribution in [1.29, 1.82) is 0 Å². The quantitative estimate of drug-likeness (QED) is 0.874. The minimum atomic E-state index is 0.567. The van der Waals surface area contributed by atoms with Gasteiger partial charge in [-0.25, -0.2) is 4.98 Å². The van der Waals surface area contributed by atoms with Crippen LogP contribution >= 0.6 is 0 Å². The van der Waals surface area contributed by atoms with Gasteiger partial charge >= 0.3 is 0 Å². The topological polar surface area (TPSA) is 29.9 Å². The van der Waals surface area contributed by atoms with Crippen molar-refractivity contribution < 1.29 is 0 Å². The average molecular weight is 229 g/mol. The molecule has 3 heteroatoms. The molecule has 17 heavy (non-hydrogen) atoms. The van der Waals surface area contributed by atoms with Crippen molar-refractivity contribution in [3.05, 3.63) is 41.7 Å². The SMILES string of the molecule is CNc1nc(C)cn1-c1ccc(C(C)C)cc1. The van der Waals surface area contributed by atoms with E-state index < -0.39 is 0 Å². The summed E-state index contributed by atoms with van der Waals surface area (Å²) in [5.41, 5.74) is 3.51. The predicted octanol–water partition coefficient (Wildman–Crippen LogP) is 3.35. The molecular formula is C14H19N3. The van der Waals surface area contributed by atoms with Gasteiger partial charge in [0, 0.05) is 18.9 Å². The molecule has 0 spiro atoms. The van der Waals surface area contributed by atoms with Gasteiger partial charge in [-0.15, -0.1) is 0 Å². The van der Waals surface area contributed by atoms with E-state index in [1.165, 1.54) is 5.56 Å². The molecule has 2 rings (SSSR count). The lowest BCUT2D eigenvalue weighted by molar-refractivity contribution is 0.865. The van der Waals surface area contributed by atoms with Crippen LogP contribution in [-0.4, -0.2) is 16.6 Å². The zero-order chi connectivity index (χ0) is 12.4. The van der Waals surface area contributed by atoms with Crippen LogP contribution in [0.25, 0.3) is 5.69 Å². The maximum absolute atomic E-state index is 4.41. The maximum atomic E-state index is 4.41. The molecule has 1 heterocycles. The molecule has 0 saturated carbocycles. The molecule has 0 saturated heterocycles. The Hall–Kier alpha value is -1.77. The molecule has 0 amide bonds. The molecule has 90 valence electrons. The third-order valence-electron chi connectivity index (χ3n) is 2.89. The third kappa shape index (κ3) is 2.33. The zero-order valence-corrected chi connectivity index (χ0v) is 10.9. The van der Waals surface area contributed by atoms with Crippen molar-refractivity contribution in [2.45, 2.75) is 26.7 Å². The summed E-state index contributed by atoms with van der Waals surface area (Å²) in [7, 11) is 1.89. The van der Waals surface area contributed by atoms with E-state index in [1.54, 1.807) is 0 Å². The molecule has 2 aromatic rings. The molecule has 0 aliphatic heterocycles. The highest BCUT2D eigenvalue weighted by Crippen LogP contribution is 2.20. The summed E-state index contributed by atoms with van der Waals surface area (Å²) < 4.78 is 2.07. The second-order valence-electron chi connectivity index (χ2n) is 4.57. The number of anilines is 1. The fraction of sp³-hybridized carbons (Fsp3) is 0.357. The number of hydrogen-bond donors (Lipinski definition) is 1. The second kappa shape index (κ2) is 4.62. The molecular weight excluding hydrogens is 210 g/mol. The molecule has 0 unspecified atom stereocenters. The molecule has 1 aromatic carbocycles. The van der Waals surface area contributed by atoms with E-state index in [-0.39, 0.29) is 0 Å². The first kappa shape index (κ1) is 11.7. The highest BCUT2D eigenvalue weighted by Gasteiger charge is 2.06. The Morgan fingerprint density at radius 2 is 1.82 bits per heavy atom. The van der Waals surface area contributed by atoms with E-state index in [0.29, 0.717) is 5.92 Å². The van der Waals surface area contributed by atoms with Crippen LogP contribution < -0.4 is 5.32 Å². The Morgan fingerprint density at radius 3 is 2.35 bits per heavy atom. The number of hydrogen-bond acceptors (Lipinski definition) is 2. The van der Waals surface area contributed by atoms with E-state index in [2.05, 4.69) is 53.0 Å². The number of nitrogens with one attached hydrogen (secondary N) is 1. The minimum absolute atomic E-state index is 0.567. The first-order valence-electron chi connectivity index (χ1n) is 5.96. The van der Waals surface area contributed by atoms with Gasteiger partial charge in [0.15, 0.2) is 0 Å². The molecule has 0 atom stereocenters. The standard InChI is InChI=1S/C14H19N3/c1-10(2)12-5-7-13(8-6-12)17-9-11(3)16-14(17)15-4/h5-10H,1-4H3,(H,15,16). The Morgan fingerprint density at radius 1 is 1.18 bits per heavy atom. The average Bonchev–Trinajstić information content (AvgIpc) is 2.70. The Bertz CT molecular complexity index is 495. The van der Waals surface area contributed by atoms with Crippen molar-refractivity contribution in [2.24, 2.45) is 0 Å². The highest BCUT2D eigenvalue weighted by atomic mass is 15.2. The summed E-state index contributed by atoms with van der Waals surface area (Å²) in [6.45, 7) is 6.41. The number of nitrogens with zero attached hydrogens (tertiary/aromatic N) is 2. The van der Waals surface area contributed by atoms with Crippen molar-refractivity contribution in [3.8, 4) is 5.69 Å². The summed E-state index contributed by atoms with van der Waals surface area (Å²) >= 11 is 0. The summed E-state index contributed by atoms with van der Waals surface area (Å²) in [5.74, 6) is 1.44. The number of aromatic nitrogens is 2. The molecule has 0 radical (unpaired) electrons. The van der Waals surface area contributed by atoms with Crippen LogP contribution in [0.15, 0.2) is 30.5 Å². The summed E-state index contributed by atoms with van der Waals surface area (Å²) in [6.07, 6.45) is 2.04. The third-order valence-corrected chi connectivity index (χ3v) is 2.89. The largest absolute Gasteiger partial charge is 0.358 e. The lowest BCUT2D eigenvalue weighted by Gasteiger charge is -2.09. The fourth-order valence-electron chi connectivity index (χ4n) is 1.89. The smallest absolute Gasteiger partial charge is 0.207 e. The van der Waals surface area contributed by atoms with Crippen molar-refractivity contribution in [3.63, 3.8) is 0 Å². The Kier molecular flexibility index (Phi) is 3.18. The zero-order valence-electron chi connectivity index (χ0n) is 10.9. The van der Waals surface area contributed by atoms with E-state index in [4.69, 9.17) is 0 Å². The highest BCUT2D eigenvalue weighted by molar-refractivity contribution is 5.44. The minimum Gasteiger partial charge on any atom is -0.358 e. The van der Waals surface area contributed by atoms with Crippen LogP contribution in [0.3, 0.4) is 0 Å². The molecule has 0 aliphatic carbocycles. The van der Waals surface area contributed by atoms with Gasteiger partial charge in [0.25, 0.3) is 0 Å². The van der Waals surface area contributed by atoms with Crippen LogP contribution in [0.4, 0.5) is 5.95 Å². The number of rotatable bonds is 3. The van der Waals surface area contributed by atoms with Gasteiger partial charge in [-0.05, 0) is 30.5 Å². The monoisotopic (exact) mass is 229 g/mol. The van der Waals surface area contributed by atoms with Gasteiger partial charge in [0.2, 0.25) is 5.95 Å². The lowest BCUT2D eigenvalue weighted by Crippen LogP contribution is -2.00. The van der Waals surface area contributed by atoms with E-state index >= 15 is 0 Å². The molecule has 3 nitrogen and oxygen atoms in total. The fourth-order valence-corrected chi connectivity index (χ4v) is 1.89. The van der Waals surface area contributed by atoms with Crippen LogP contribution in [0, 0.1) is 6.92 Å². The Balaban J connectivity index is 2.39. The van der Waals surface area contributed by atoms with Gasteiger partial charge in [-0.3, -0.25) is 4.57 Å². The summed E-state index contributed by atoms with van der Waals surface area (Å²) in [5, 5.41) is 3.10. The van der Waals surface area contributed by atoms with Crippen molar-refractivity contribution >= 4 is 5.95 Å². The van der Waals surface area contributed by atoms with Gasteiger partial charge in [0.1, 0.15) is 0 Å². The van der Waals surface area contributed by atoms with Crippen molar-refractivity contribution in [2.75, 3.05) is 12.4 Å². The first-order valence-corrected chi connectivity index (χ1v) is 5.96. The van der Waals surface area contributed by atoms with E-state index in [0.717, 1.165) is 17.3 Å². The number of imidazole rings is 1. The normalized spacial score (nSPS) is 10.9. The molecule has 0 bridgehead atoms. The Labute approximate surface area is 103 Å². The lowest BCUT2D eigenvalue weighted by atomic mass is 10.0. The molecule has 0 aliphatic rings. The van der Waals surface area contributed by atoms with Crippen LogP contribution in [0.5, 0.6) is 0 Å². The number of aryl methyl sites for hydroxylation is 1. The number of benzene rings is 1. The summed E-state index contributed by atoms with van der Waals surface area (Å²) in [6, 6.07) is 8.62. The summed E-state index contributed by atoms with van der Waals surface area (Å²) in [4.78, 5) is 4.41. The molecule has 1 N–H and O–H groups in total. The maximum Gasteiger partial charge on any atom is 0.207 e. The van der Waals surface area contributed by atoms with Crippen molar-refractivity contribution in [1.82, 2.24) is 9.55 Å². The second-order valence-corrected chi connectivity index (χ2v) is 4.57. The van der Waals surface area contributed by atoms with E-state index in [1.807, 2.05) is 20.2 Å².